The lowest BCUT2D eigenvalue weighted by molar-refractivity contribution is 0.0938. The number of fused-ring (bicyclic) bond motifs is 1. The van der Waals surface area contributed by atoms with E-state index in [1.54, 1.807) is 13.1 Å². The molecule has 0 spiro atoms. The van der Waals surface area contributed by atoms with E-state index in [4.69, 9.17) is 4.42 Å². The van der Waals surface area contributed by atoms with Gasteiger partial charge in [0.15, 0.2) is 5.76 Å². The Kier molecular flexibility index (Phi) is 2.95. The smallest absolute Gasteiger partial charge is 0.286 e. The van der Waals surface area contributed by atoms with Crippen LogP contribution in [0.1, 0.15) is 29.5 Å². The molecule has 2 aromatic rings. The fourth-order valence-corrected chi connectivity index (χ4v) is 1.77. The maximum Gasteiger partial charge on any atom is 0.286 e. The van der Waals surface area contributed by atoms with E-state index >= 15 is 0 Å². The van der Waals surface area contributed by atoms with Gasteiger partial charge in [-0.1, -0.05) is 19.4 Å². The fourth-order valence-electron chi connectivity index (χ4n) is 1.77. The Labute approximate surface area is 94.4 Å². The van der Waals surface area contributed by atoms with Crippen molar-refractivity contribution in [2.75, 3.05) is 7.05 Å². The van der Waals surface area contributed by atoms with E-state index in [0.717, 1.165) is 23.8 Å². The molecule has 84 valence electrons. The molecule has 1 aromatic heterocycles. The van der Waals surface area contributed by atoms with Crippen molar-refractivity contribution >= 4 is 16.9 Å². The molecular weight excluding hydrogens is 202 g/mol. The summed E-state index contributed by atoms with van der Waals surface area (Å²) in [4.78, 5) is 11.4. The van der Waals surface area contributed by atoms with Crippen molar-refractivity contribution in [1.29, 1.82) is 0 Å². The lowest BCUT2D eigenvalue weighted by Crippen LogP contribution is -2.16. The quantitative estimate of drug-likeness (QED) is 0.859. The second-order valence-corrected chi connectivity index (χ2v) is 3.81. The number of carbonyl (C=O) groups is 1. The number of aryl methyl sites for hydroxylation is 1. The first-order valence-electron chi connectivity index (χ1n) is 5.49. The number of hydrogen-bond donors (Lipinski definition) is 1. The molecule has 1 aromatic carbocycles. The van der Waals surface area contributed by atoms with E-state index in [9.17, 15) is 4.79 Å². The van der Waals surface area contributed by atoms with Crippen LogP contribution in [0.5, 0.6) is 0 Å². The number of benzene rings is 1. The van der Waals surface area contributed by atoms with Gasteiger partial charge in [-0.2, -0.15) is 0 Å². The predicted octanol–water partition coefficient (Wildman–Crippen LogP) is 2.74. The minimum absolute atomic E-state index is 0.187. The highest BCUT2D eigenvalue weighted by atomic mass is 16.3. The van der Waals surface area contributed by atoms with Gasteiger partial charge in [0.2, 0.25) is 0 Å². The molecule has 1 heterocycles. The molecule has 0 fully saturated rings. The SMILES string of the molecule is CCCc1ccc2oc(C(=O)NC)cc2c1. The standard InChI is InChI=1S/C13H15NO2/c1-3-4-9-5-6-11-10(7-9)8-12(16-11)13(15)14-2/h5-8H,3-4H2,1-2H3,(H,14,15). The Morgan fingerprint density at radius 1 is 1.38 bits per heavy atom. The average Bonchev–Trinajstić information content (AvgIpc) is 2.71. The molecule has 0 unspecified atom stereocenters. The number of rotatable bonds is 3. The zero-order valence-corrected chi connectivity index (χ0v) is 9.54. The molecule has 3 nitrogen and oxygen atoms in total. The van der Waals surface area contributed by atoms with E-state index in [0.29, 0.717) is 5.76 Å². The van der Waals surface area contributed by atoms with E-state index in [1.165, 1.54) is 5.56 Å². The summed E-state index contributed by atoms with van der Waals surface area (Å²) >= 11 is 0. The fraction of sp³-hybridized carbons (Fsp3) is 0.308. The molecule has 0 saturated carbocycles. The minimum Gasteiger partial charge on any atom is -0.451 e. The van der Waals surface area contributed by atoms with Gasteiger partial charge >= 0.3 is 0 Å². The van der Waals surface area contributed by atoms with E-state index in [1.807, 2.05) is 12.1 Å². The first-order chi connectivity index (χ1) is 7.74. The van der Waals surface area contributed by atoms with Gasteiger partial charge in [-0.15, -0.1) is 0 Å². The van der Waals surface area contributed by atoms with Crippen LogP contribution < -0.4 is 5.32 Å². The molecule has 0 aliphatic rings. The Bertz CT molecular complexity index is 514. The molecule has 3 heteroatoms. The summed E-state index contributed by atoms with van der Waals surface area (Å²) < 4.78 is 5.44. The second kappa shape index (κ2) is 4.39. The highest BCUT2D eigenvalue weighted by Crippen LogP contribution is 2.21. The van der Waals surface area contributed by atoms with Crippen LogP contribution in [0.4, 0.5) is 0 Å². The number of furan rings is 1. The van der Waals surface area contributed by atoms with Crippen LogP contribution in [0.2, 0.25) is 0 Å². The van der Waals surface area contributed by atoms with Gasteiger partial charge in [-0.3, -0.25) is 4.79 Å². The zero-order valence-electron chi connectivity index (χ0n) is 9.54. The number of hydrogen-bond acceptors (Lipinski definition) is 2. The molecule has 0 radical (unpaired) electrons. The normalized spacial score (nSPS) is 10.6. The molecule has 2 rings (SSSR count). The maximum absolute atomic E-state index is 11.4. The summed E-state index contributed by atoms with van der Waals surface area (Å²) in [5.41, 5.74) is 2.04. The van der Waals surface area contributed by atoms with Gasteiger partial charge in [-0.25, -0.2) is 0 Å². The van der Waals surface area contributed by atoms with Gasteiger partial charge in [0.05, 0.1) is 0 Å². The Morgan fingerprint density at radius 2 is 2.19 bits per heavy atom. The van der Waals surface area contributed by atoms with Crippen molar-refractivity contribution in [2.45, 2.75) is 19.8 Å². The van der Waals surface area contributed by atoms with Gasteiger partial charge in [0, 0.05) is 12.4 Å². The van der Waals surface area contributed by atoms with Crippen molar-refractivity contribution < 1.29 is 9.21 Å². The van der Waals surface area contributed by atoms with Crippen LogP contribution in [0.15, 0.2) is 28.7 Å². The van der Waals surface area contributed by atoms with Gasteiger partial charge < -0.3 is 9.73 Å². The van der Waals surface area contributed by atoms with Crippen molar-refractivity contribution in [1.82, 2.24) is 5.32 Å². The molecule has 1 N–H and O–H groups in total. The monoisotopic (exact) mass is 217 g/mol. The van der Waals surface area contributed by atoms with Crippen LogP contribution in [-0.2, 0) is 6.42 Å². The second-order valence-electron chi connectivity index (χ2n) is 3.81. The summed E-state index contributed by atoms with van der Waals surface area (Å²) in [6.45, 7) is 2.15. The molecule has 1 amide bonds. The third-order valence-electron chi connectivity index (χ3n) is 2.57. The van der Waals surface area contributed by atoms with Crippen molar-refractivity contribution in [2.24, 2.45) is 0 Å². The molecule has 0 bridgehead atoms. The first kappa shape index (κ1) is 10.7. The third-order valence-corrected chi connectivity index (χ3v) is 2.57. The summed E-state index contributed by atoms with van der Waals surface area (Å²) in [5.74, 6) is 0.180. The van der Waals surface area contributed by atoms with Gasteiger partial charge in [0.25, 0.3) is 5.91 Å². The maximum atomic E-state index is 11.4. The molecule has 16 heavy (non-hydrogen) atoms. The molecule has 0 atom stereocenters. The van der Waals surface area contributed by atoms with E-state index in [-0.39, 0.29) is 5.91 Å². The number of amides is 1. The number of carbonyl (C=O) groups excluding carboxylic acids is 1. The van der Waals surface area contributed by atoms with Gasteiger partial charge in [0.1, 0.15) is 5.58 Å². The predicted molar refractivity (Wildman–Crippen MR) is 63.6 cm³/mol. The molecule has 0 aliphatic carbocycles. The summed E-state index contributed by atoms with van der Waals surface area (Å²) in [6, 6.07) is 7.83. The zero-order chi connectivity index (χ0) is 11.5. The van der Waals surface area contributed by atoms with Crippen LogP contribution >= 0.6 is 0 Å². The Morgan fingerprint density at radius 3 is 2.88 bits per heavy atom. The van der Waals surface area contributed by atoms with Crippen LogP contribution in [0.25, 0.3) is 11.0 Å². The van der Waals surface area contributed by atoms with E-state index in [2.05, 4.69) is 18.3 Å². The average molecular weight is 217 g/mol. The van der Waals surface area contributed by atoms with Crippen LogP contribution in [0, 0.1) is 0 Å². The highest BCUT2D eigenvalue weighted by Gasteiger charge is 2.10. The number of nitrogens with one attached hydrogen (secondary N) is 1. The molecule has 0 aliphatic heterocycles. The van der Waals surface area contributed by atoms with E-state index < -0.39 is 0 Å². The lowest BCUT2D eigenvalue weighted by atomic mass is 10.1. The Hall–Kier alpha value is -1.77. The summed E-state index contributed by atoms with van der Waals surface area (Å²) in [7, 11) is 1.60. The van der Waals surface area contributed by atoms with Crippen molar-refractivity contribution in [3.63, 3.8) is 0 Å². The largest absolute Gasteiger partial charge is 0.451 e. The molecular formula is C13H15NO2. The van der Waals surface area contributed by atoms with Crippen molar-refractivity contribution in [3.8, 4) is 0 Å². The van der Waals surface area contributed by atoms with Crippen LogP contribution in [-0.4, -0.2) is 13.0 Å². The third kappa shape index (κ3) is 1.94. The van der Waals surface area contributed by atoms with Gasteiger partial charge in [-0.05, 0) is 30.2 Å². The lowest BCUT2D eigenvalue weighted by Gasteiger charge is -1.96. The molecule has 0 saturated heterocycles. The Balaban J connectivity index is 2.41. The highest BCUT2D eigenvalue weighted by molar-refractivity contribution is 5.96. The van der Waals surface area contributed by atoms with Crippen LogP contribution in [0.3, 0.4) is 0 Å². The summed E-state index contributed by atoms with van der Waals surface area (Å²) in [6.07, 6.45) is 2.17. The first-order valence-corrected chi connectivity index (χ1v) is 5.49. The summed E-state index contributed by atoms with van der Waals surface area (Å²) in [5, 5.41) is 3.54. The minimum atomic E-state index is -0.187. The van der Waals surface area contributed by atoms with Crippen molar-refractivity contribution in [3.05, 3.63) is 35.6 Å². The topological polar surface area (TPSA) is 42.2 Å².